The smallest absolute Gasteiger partial charge is 0.255 e. The Hall–Kier alpha value is -3.74. The third kappa shape index (κ3) is 3.94. The van der Waals surface area contributed by atoms with Crippen LogP contribution in [-0.2, 0) is 6.42 Å². The first-order chi connectivity index (χ1) is 14.1. The minimum atomic E-state index is -0.212. The number of nitrogens with zero attached hydrogens (tertiary/aromatic N) is 4. The molecule has 3 aromatic heterocycles. The summed E-state index contributed by atoms with van der Waals surface area (Å²) in [5, 5.41) is 4.16. The summed E-state index contributed by atoms with van der Waals surface area (Å²) in [6.07, 6.45) is 5.97. The van der Waals surface area contributed by atoms with Crippen LogP contribution in [0.1, 0.15) is 15.9 Å². The van der Waals surface area contributed by atoms with Crippen molar-refractivity contribution in [1.82, 2.24) is 25.3 Å². The number of amides is 1. The van der Waals surface area contributed by atoms with Crippen molar-refractivity contribution in [2.24, 2.45) is 0 Å². The van der Waals surface area contributed by atoms with Crippen molar-refractivity contribution < 1.29 is 4.79 Å². The van der Waals surface area contributed by atoms with Gasteiger partial charge >= 0.3 is 0 Å². The Morgan fingerprint density at radius 2 is 1.93 bits per heavy atom. The number of H-pyrrole nitrogens is 1. The lowest BCUT2D eigenvalue weighted by Gasteiger charge is -2.14. The summed E-state index contributed by atoms with van der Waals surface area (Å²) in [6.45, 7) is 0.512. The number of carbonyl (C=O) groups is 1. The molecule has 4 aromatic rings. The largest absolute Gasteiger partial charge is 0.361 e. The highest BCUT2D eigenvalue weighted by Crippen LogP contribution is 2.21. The van der Waals surface area contributed by atoms with Gasteiger partial charge in [0.2, 0.25) is 5.95 Å². The molecule has 2 N–H and O–H groups in total. The number of aromatic amines is 1. The highest BCUT2D eigenvalue weighted by molar-refractivity contribution is 5.99. The fraction of sp³-hybridized carbons (Fsp3) is 0.182. The third-order valence-electron chi connectivity index (χ3n) is 4.68. The Morgan fingerprint density at radius 1 is 1.10 bits per heavy atom. The maximum Gasteiger partial charge on any atom is 0.255 e. The topological polar surface area (TPSA) is 86.8 Å². The molecule has 0 aliphatic carbocycles. The molecule has 0 bridgehead atoms. The molecule has 4 rings (SSSR count). The highest BCUT2D eigenvalue weighted by atomic mass is 16.1. The van der Waals surface area contributed by atoms with Crippen LogP contribution < -0.4 is 10.2 Å². The number of rotatable bonds is 6. The number of nitrogens with one attached hydrogen (secondary N) is 2. The number of benzene rings is 1. The minimum Gasteiger partial charge on any atom is -0.361 e. The molecule has 0 fully saturated rings. The Labute approximate surface area is 168 Å². The van der Waals surface area contributed by atoms with E-state index in [0.717, 1.165) is 11.9 Å². The number of pyridine rings is 1. The number of hydrogen-bond acceptors (Lipinski definition) is 5. The van der Waals surface area contributed by atoms with Crippen LogP contribution in [0.4, 0.5) is 5.95 Å². The summed E-state index contributed by atoms with van der Waals surface area (Å²) >= 11 is 0. The number of carbonyl (C=O) groups excluding carboxylic acids is 1. The monoisotopic (exact) mass is 386 g/mol. The van der Waals surface area contributed by atoms with Gasteiger partial charge in [-0.15, -0.1) is 0 Å². The highest BCUT2D eigenvalue weighted by Gasteiger charge is 2.17. The zero-order valence-corrected chi connectivity index (χ0v) is 16.4. The molecule has 7 heteroatoms. The SMILES string of the molecule is CN(C)c1ncc(C(=O)NCCc2c[nH]c3ccccc23)c(-c2ccccn2)n1. The number of aromatic nitrogens is 4. The average Bonchev–Trinajstić information content (AvgIpc) is 3.17. The average molecular weight is 386 g/mol. The van der Waals surface area contributed by atoms with E-state index in [0.29, 0.717) is 29.4 Å². The van der Waals surface area contributed by atoms with Crippen molar-refractivity contribution in [1.29, 1.82) is 0 Å². The van der Waals surface area contributed by atoms with Crippen molar-refractivity contribution in [2.45, 2.75) is 6.42 Å². The Bertz CT molecular complexity index is 1140. The van der Waals surface area contributed by atoms with Crippen molar-refractivity contribution in [3.63, 3.8) is 0 Å². The fourth-order valence-corrected chi connectivity index (χ4v) is 3.20. The van der Waals surface area contributed by atoms with Gasteiger partial charge in [-0.2, -0.15) is 0 Å². The molecule has 7 nitrogen and oxygen atoms in total. The zero-order valence-electron chi connectivity index (χ0n) is 16.4. The normalized spacial score (nSPS) is 10.8. The van der Waals surface area contributed by atoms with Crippen molar-refractivity contribution in [3.8, 4) is 11.4 Å². The quantitative estimate of drug-likeness (QED) is 0.532. The molecule has 1 aromatic carbocycles. The van der Waals surface area contributed by atoms with Gasteiger partial charge in [0.15, 0.2) is 0 Å². The van der Waals surface area contributed by atoms with Gasteiger partial charge in [-0.1, -0.05) is 24.3 Å². The van der Waals surface area contributed by atoms with Gasteiger partial charge in [0.1, 0.15) is 5.69 Å². The summed E-state index contributed by atoms with van der Waals surface area (Å²) in [4.78, 5) is 31.1. The minimum absolute atomic E-state index is 0.212. The first-order valence-electron chi connectivity index (χ1n) is 9.42. The van der Waals surface area contributed by atoms with E-state index in [4.69, 9.17) is 0 Å². The van der Waals surface area contributed by atoms with Crippen molar-refractivity contribution in [3.05, 3.63) is 72.2 Å². The zero-order chi connectivity index (χ0) is 20.2. The first-order valence-corrected chi connectivity index (χ1v) is 9.42. The number of hydrogen-bond donors (Lipinski definition) is 2. The predicted molar refractivity (Wildman–Crippen MR) is 114 cm³/mol. The van der Waals surface area contributed by atoms with E-state index >= 15 is 0 Å². The standard InChI is InChI=1S/C22H22N6O/c1-28(2)22-26-14-17(20(27-22)19-9-5-6-11-23-19)21(29)24-12-10-15-13-25-18-8-4-3-7-16(15)18/h3-9,11,13-14,25H,10,12H2,1-2H3,(H,24,29). The van der Waals surface area contributed by atoms with Gasteiger partial charge in [-0.25, -0.2) is 9.97 Å². The van der Waals surface area contributed by atoms with Crippen LogP contribution in [0.3, 0.4) is 0 Å². The van der Waals surface area contributed by atoms with Gasteiger partial charge in [-0.05, 0) is 30.2 Å². The van der Waals surface area contributed by atoms with Crippen LogP contribution in [0.5, 0.6) is 0 Å². The number of fused-ring (bicyclic) bond motifs is 1. The summed E-state index contributed by atoms with van der Waals surface area (Å²) in [5.74, 6) is 0.316. The molecule has 0 spiro atoms. The molecule has 1 amide bonds. The summed E-state index contributed by atoms with van der Waals surface area (Å²) in [7, 11) is 3.72. The molecular weight excluding hydrogens is 364 g/mol. The number of para-hydroxylation sites is 1. The van der Waals surface area contributed by atoms with Gasteiger partial charge in [0, 0.05) is 50.1 Å². The Kier molecular flexibility index (Phi) is 5.20. The van der Waals surface area contributed by atoms with E-state index in [9.17, 15) is 4.79 Å². The molecule has 0 aliphatic heterocycles. The molecule has 0 aliphatic rings. The van der Waals surface area contributed by atoms with Crippen LogP contribution in [0.2, 0.25) is 0 Å². The van der Waals surface area contributed by atoms with Gasteiger partial charge < -0.3 is 15.2 Å². The lowest BCUT2D eigenvalue weighted by Crippen LogP contribution is -2.27. The Morgan fingerprint density at radius 3 is 2.72 bits per heavy atom. The lowest BCUT2D eigenvalue weighted by atomic mass is 10.1. The van der Waals surface area contributed by atoms with Crippen LogP contribution in [-0.4, -0.2) is 46.5 Å². The second kappa shape index (κ2) is 8.10. The molecule has 3 heterocycles. The second-order valence-electron chi connectivity index (χ2n) is 6.91. The maximum absolute atomic E-state index is 12.9. The fourth-order valence-electron chi connectivity index (χ4n) is 3.20. The van der Waals surface area contributed by atoms with E-state index in [-0.39, 0.29) is 5.91 Å². The van der Waals surface area contributed by atoms with Gasteiger partial charge in [0.25, 0.3) is 5.91 Å². The van der Waals surface area contributed by atoms with Gasteiger partial charge in [-0.3, -0.25) is 9.78 Å². The summed E-state index contributed by atoms with van der Waals surface area (Å²) in [5.41, 5.74) is 3.84. The van der Waals surface area contributed by atoms with Crippen molar-refractivity contribution >= 4 is 22.8 Å². The number of anilines is 1. The van der Waals surface area contributed by atoms with E-state index in [1.807, 2.05) is 56.7 Å². The molecular formula is C22H22N6O. The van der Waals surface area contributed by atoms with E-state index in [2.05, 4.69) is 31.3 Å². The maximum atomic E-state index is 12.9. The first kappa shape index (κ1) is 18.6. The van der Waals surface area contributed by atoms with E-state index < -0.39 is 0 Å². The predicted octanol–water partition coefficient (Wildman–Crippen LogP) is 3.06. The summed E-state index contributed by atoms with van der Waals surface area (Å²) < 4.78 is 0. The molecule has 0 radical (unpaired) electrons. The molecule has 0 saturated heterocycles. The van der Waals surface area contributed by atoms with Crippen LogP contribution in [0.15, 0.2) is 61.1 Å². The van der Waals surface area contributed by atoms with E-state index in [1.54, 1.807) is 17.3 Å². The molecule has 0 unspecified atom stereocenters. The van der Waals surface area contributed by atoms with E-state index in [1.165, 1.54) is 10.9 Å². The van der Waals surface area contributed by atoms with Crippen LogP contribution in [0, 0.1) is 0 Å². The van der Waals surface area contributed by atoms with Crippen molar-refractivity contribution in [2.75, 3.05) is 25.5 Å². The summed E-state index contributed by atoms with van der Waals surface area (Å²) in [6, 6.07) is 13.7. The van der Waals surface area contributed by atoms with Crippen LogP contribution >= 0.6 is 0 Å². The molecule has 146 valence electrons. The lowest BCUT2D eigenvalue weighted by molar-refractivity contribution is 0.0954. The Balaban J connectivity index is 1.53. The van der Waals surface area contributed by atoms with Crippen LogP contribution in [0.25, 0.3) is 22.3 Å². The van der Waals surface area contributed by atoms with Gasteiger partial charge in [0.05, 0.1) is 11.3 Å². The molecule has 0 atom stereocenters. The molecule has 29 heavy (non-hydrogen) atoms. The molecule has 0 saturated carbocycles. The third-order valence-corrected chi connectivity index (χ3v) is 4.68. The second-order valence-corrected chi connectivity index (χ2v) is 6.91.